The Morgan fingerprint density at radius 1 is 0.803 bits per heavy atom. The van der Waals surface area contributed by atoms with E-state index in [1.54, 1.807) is 19.9 Å². The number of carbonyl (C=O) groups excluding carboxylic acids is 5. The van der Waals surface area contributed by atoms with E-state index >= 15 is 0 Å². The summed E-state index contributed by atoms with van der Waals surface area (Å²) >= 11 is 0. The molecule has 0 aliphatic carbocycles. The summed E-state index contributed by atoms with van der Waals surface area (Å²) in [6.07, 6.45) is 4.26. The fraction of sp³-hybridized carbons (Fsp3) is 0.447. The molecular formula is C47H57N4O9Zn+. The van der Waals surface area contributed by atoms with Crippen LogP contribution in [0.5, 0.6) is 0 Å². The number of aromatic nitrogens is 1. The molecule has 1 saturated heterocycles. The van der Waals surface area contributed by atoms with Gasteiger partial charge in [0.05, 0.1) is 25.4 Å². The summed E-state index contributed by atoms with van der Waals surface area (Å²) in [4.78, 5) is 76.9. The number of aromatic amines is 1. The van der Waals surface area contributed by atoms with Gasteiger partial charge in [-0.25, -0.2) is 9.59 Å². The van der Waals surface area contributed by atoms with Crippen LogP contribution >= 0.6 is 0 Å². The Morgan fingerprint density at radius 2 is 1.36 bits per heavy atom. The van der Waals surface area contributed by atoms with Gasteiger partial charge in [-0.05, 0) is 86.7 Å². The summed E-state index contributed by atoms with van der Waals surface area (Å²) < 4.78 is 21.6. The van der Waals surface area contributed by atoms with E-state index in [9.17, 15) is 24.0 Å². The van der Waals surface area contributed by atoms with Crippen LogP contribution in [0.1, 0.15) is 115 Å². The van der Waals surface area contributed by atoms with Gasteiger partial charge in [0.15, 0.2) is 5.91 Å². The number of ether oxygens (including phenoxy) is 4. The van der Waals surface area contributed by atoms with E-state index in [1.165, 1.54) is 0 Å². The smallest absolute Gasteiger partial charge is 0.463 e. The van der Waals surface area contributed by atoms with Crippen molar-refractivity contribution in [2.24, 2.45) is 15.8 Å². The maximum atomic E-state index is 14.4. The number of carbonyl (C=O) groups is 5. The predicted molar refractivity (Wildman–Crippen MR) is 231 cm³/mol. The van der Waals surface area contributed by atoms with Gasteiger partial charge in [0, 0.05) is 28.5 Å². The van der Waals surface area contributed by atoms with Crippen LogP contribution in [-0.4, -0.2) is 73.1 Å². The molecular weight excluding hydrogens is 830 g/mol. The predicted octanol–water partition coefficient (Wildman–Crippen LogP) is 9.21. The van der Waals surface area contributed by atoms with E-state index in [1.807, 2.05) is 95.3 Å². The van der Waals surface area contributed by atoms with Gasteiger partial charge < -0.3 is 39.6 Å². The van der Waals surface area contributed by atoms with Crippen molar-refractivity contribution in [3.63, 3.8) is 0 Å². The fourth-order valence-corrected chi connectivity index (χ4v) is 7.58. The van der Waals surface area contributed by atoms with Crippen LogP contribution in [0.15, 0.2) is 76.9 Å². The first-order chi connectivity index (χ1) is 28.9. The molecule has 1 unspecified atom stereocenters. The van der Waals surface area contributed by atoms with Crippen molar-refractivity contribution in [2.45, 2.75) is 99.5 Å². The summed E-state index contributed by atoms with van der Waals surface area (Å²) in [5.74, 6) is -2.59. The molecule has 0 spiro atoms. The number of hydrogen-bond acceptors (Lipinski definition) is 9. The third kappa shape index (κ3) is 11.0. The Morgan fingerprint density at radius 3 is 1.90 bits per heavy atom. The Bertz CT molecular complexity index is 2120. The molecule has 320 valence electrons. The fourth-order valence-electron chi connectivity index (χ4n) is 7.58. The van der Waals surface area contributed by atoms with Crippen LogP contribution in [0.3, 0.4) is 0 Å². The molecule has 61 heavy (non-hydrogen) atoms. The van der Waals surface area contributed by atoms with Gasteiger partial charge >= 0.3 is 37.4 Å². The molecule has 0 saturated carbocycles. The van der Waals surface area contributed by atoms with Crippen molar-refractivity contribution >= 4 is 53.0 Å². The number of rotatable bonds is 20. The van der Waals surface area contributed by atoms with Gasteiger partial charge in [0.2, 0.25) is 5.91 Å². The Kier molecular flexibility index (Phi) is 17.5. The first kappa shape index (κ1) is 48.5. The second-order valence-electron chi connectivity index (χ2n) is 14.9. The summed E-state index contributed by atoms with van der Waals surface area (Å²) in [5.41, 5.74) is 1.03. The van der Waals surface area contributed by atoms with Crippen LogP contribution in [0.25, 0.3) is 28.1 Å². The van der Waals surface area contributed by atoms with E-state index in [4.69, 9.17) is 24.3 Å². The number of nitrogens with one attached hydrogen (secondary N) is 2. The van der Waals surface area contributed by atoms with E-state index in [0.29, 0.717) is 66.7 Å². The molecule has 2 amide bonds. The van der Waals surface area contributed by atoms with Gasteiger partial charge in [0.25, 0.3) is 0 Å². The molecule has 14 heteroatoms. The van der Waals surface area contributed by atoms with Gasteiger partial charge in [-0.1, -0.05) is 95.3 Å². The van der Waals surface area contributed by atoms with E-state index < -0.39 is 34.6 Å². The number of hydrogen-bond donors (Lipinski definition) is 2. The van der Waals surface area contributed by atoms with Crippen molar-refractivity contribution in [2.75, 3.05) is 31.7 Å². The zero-order chi connectivity index (χ0) is 43.5. The normalized spacial score (nSPS) is 16.1. The van der Waals surface area contributed by atoms with Crippen LogP contribution in [-0.2, 0) is 57.6 Å². The molecule has 2 aliphatic rings. The number of anilines is 1. The Hall–Kier alpha value is -5.20. The number of amidine groups is 1. The number of benzene rings is 2. The molecule has 2 N–H and O–H groups in total. The maximum absolute atomic E-state index is 14.4. The van der Waals surface area contributed by atoms with Crippen molar-refractivity contribution < 1.29 is 62.4 Å². The minimum absolute atomic E-state index is 0. The zero-order valence-electron chi connectivity index (χ0n) is 36.5. The van der Waals surface area contributed by atoms with Gasteiger partial charge in [-0.3, -0.25) is 14.4 Å². The molecule has 0 bridgehead atoms. The topological polar surface area (TPSA) is 180 Å². The van der Waals surface area contributed by atoms with Crippen molar-refractivity contribution in [1.29, 1.82) is 0 Å². The van der Waals surface area contributed by atoms with Gasteiger partial charge in [0.1, 0.15) is 24.1 Å². The number of H-pyrrole nitrogens is 1. The standard InChI is InChI=1S/C47H58N4O9.Zn/c1-8-46(9-2,10-3)44(55)50-40-38(42(53)57-13-6)36(30-21-17-15-18-22-30)33(48-40)27-34-37(31-23-19-16-20-24-31)39(43(54)58-14-7)41(49-34)51-45(56)47(11-4,12-5)26-25-35(52)60-29-32-28-59-32;/h15-24,27,32H,8-14,25-26,28-29H2,1-7H3,(H3,48,49,50,51,53,54,55,56);/q;+2/p-1. The molecule has 3 aromatic rings. The number of allylic oxidation sites excluding steroid dienone is 1. The monoisotopic (exact) mass is 885 g/mol. The summed E-state index contributed by atoms with van der Waals surface area (Å²) in [6.45, 7) is 13.9. The molecule has 1 fully saturated rings. The molecule has 5 rings (SSSR count). The molecule has 2 aliphatic heterocycles. The first-order valence-corrected chi connectivity index (χ1v) is 21.1. The van der Waals surface area contributed by atoms with Crippen LogP contribution in [0.2, 0.25) is 0 Å². The SMILES string of the molecule is CCOC(=O)C1=C(c2ccccc2)/C(=C/c2[nH]c(NC(=O)C(CC)(CC)CC)c(C(=O)OCC)c2-c2ccccc2)[N-]C1=NC(=O)C(CC)(CC)CCC(=O)OCC1CO1.[Zn+2]. The van der Waals surface area contributed by atoms with Crippen molar-refractivity contribution in [3.8, 4) is 11.1 Å². The van der Waals surface area contributed by atoms with E-state index in [2.05, 4.69) is 15.3 Å². The summed E-state index contributed by atoms with van der Waals surface area (Å²) in [5, 5.41) is 7.92. The quantitative estimate of drug-likeness (QED) is 0.0484. The maximum Gasteiger partial charge on any atom is 2.00 e. The van der Waals surface area contributed by atoms with Gasteiger partial charge in [-0.2, -0.15) is 0 Å². The molecule has 13 nitrogen and oxygen atoms in total. The third-order valence-corrected chi connectivity index (χ3v) is 11.8. The van der Waals surface area contributed by atoms with E-state index in [0.717, 1.165) is 0 Å². The molecule has 1 aromatic heterocycles. The van der Waals surface area contributed by atoms with Crippen molar-refractivity contribution in [3.05, 3.63) is 94.1 Å². The average Bonchev–Trinajstić information content (AvgIpc) is 3.94. The molecule has 2 aromatic carbocycles. The Labute approximate surface area is 371 Å². The number of nitrogens with zero attached hydrogens (tertiary/aromatic N) is 2. The Balaban J connectivity index is 0.00000819. The average molecular weight is 887 g/mol. The zero-order valence-corrected chi connectivity index (χ0v) is 39.4. The number of epoxide rings is 1. The largest absolute Gasteiger partial charge is 2.00 e. The second-order valence-corrected chi connectivity index (χ2v) is 14.9. The summed E-state index contributed by atoms with van der Waals surface area (Å²) in [6, 6.07) is 18.3. The van der Waals surface area contributed by atoms with Crippen molar-refractivity contribution in [1.82, 2.24) is 4.98 Å². The molecule has 3 heterocycles. The number of esters is 3. The van der Waals surface area contributed by atoms with Crippen LogP contribution in [0.4, 0.5) is 5.82 Å². The number of aliphatic imine (C=N–C) groups is 1. The van der Waals surface area contributed by atoms with Crippen LogP contribution in [0, 0.1) is 10.8 Å². The van der Waals surface area contributed by atoms with Crippen LogP contribution < -0.4 is 5.32 Å². The minimum Gasteiger partial charge on any atom is -0.463 e. The third-order valence-electron chi connectivity index (χ3n) is 11.8. The first-order valence-electron chi connectivity index (χ1n) is 21.1. The van der Waals surface area contributed by atoms with E-state index in [-0.39, 0.29) is 92.6 Å². The molecule has 1 atom stereocenters. The minimum atomic E-state index is -1.05. The summed E-state index contributed by atoms with van der Waals surface area (Å²) in [7, 11) is 0. The van der Waals surface area contributed by atoms with Gasteiger partial charge in [-0.15, -0.1) is 0 Å². The second kappa shape index (κ2) is 22.1. The molecule has 0 radical (unpaired) electrons. The number of amides is 2.